The zero-order valence-electron chi connectivity index (χ0n) is 11.2. The maximum absolute atomic E-state index is 13.6. The van der Waals surface area contributed by atoms with Gasteiger partial charge in [-0.15, -0.1) is 0 Å². The van der Waals surface area contributed by atoms with Gasteiger partial charge in [-0.3, -0.25) is 4.79 Å². The molecule has 1 saturated heterocycles. The van der Waals surface area contributed by atoms with Crippen LogP contribution in [0.15, 0.2) is 18.2 Å². The molecule has 0 spiro atoms. The van der Waals surface area contributed by atoms with Crippen LogP contribution in [0, 0.1) is 5.82 Å². The lowest BCUT2D eigenvalue weighted by atomic mass is 10.0. The van der Waals surface area contributed by atoms with Gasteiger partial charge in [0.1, 0.15) is 5.82 Å². The van der Waals surface area contributed by atoms with Gasteiger partial charge in [-0.1, -0.05) is 17.7 Å². The van der Waals surface area contributed by atoms with Gasteiger partial charge in [-0.05, 0) is 24.3 Å². The van der Waals surface area contributed by atoms with Crippen LogP contribution < -0.4 is 5.32 Å². The number of carbonyl (C=O) groups excluding carboxylic acids is 1. The number of carbonyl (C=O) groups is 1. The Morgan fingerprint density at radius 2 is 2.40 bits per heavy atom. The van der Waals surface area contributed by atoms with Gasteiger partial charge < -0.3 is 10.1 Å². The molecule has 1 aromatic rings. The van der Waals surface area contributed by atoms with Gasteiger partial charge in [-0.2, -0.15) is 11.8 Å². The summed E-state index contributed by atoms with van der Waals surface area (Å²) < 4.78 is 19.1. The summed E-state index contributed by atoms with van der Waals surface area (Å²) in [5, 5.41) is 3.09. The first-order valence-corrected chi connectivity index (χ1v) is 7.92. The zero-order chi connectivity index (χ0) is 14.6. The molecule has 0 bridgehead atoms. The molecule has 1 unspecified atom stereocenters. The lowest BCUT2D eigenvalue weighted by molar-refractivity contribution is -0.121. The Kier molecular flexibility index (Phi) is 5.29. The molecule has 0 radical (unpaired) electrons. The Morgan fingerprint density at radius 3 is 3.00 bits per heavy atom. The molecule has 0 aliphatic carbocycles. The molecule has 20 heavy (non-hydrogen) atoms. The van der Waals surface area contributed by atoms with Gasteiger partial charge >= 0.3 is 0 Å². The van der Waals surface area contributed by atoms with Gasteiger partial charge in [0, 0.05) is 30.0 Å². The van der Waals surface area contributed by atoms with Crippen LogP contribution in [0.1, 0.15) is 12.0 Å². The lowest BCUT2D eigenvalue weighted by Gasteiger charge is -2.26. The number of rotatable bonds is 5. The quantitative estimate of drug-likeness (QED) is 0.907. The third kappa shape index (κ3) is 3.65. The van der Waals surface area contributed by atoms with Crippen LogP contribution in [0.2, 0.25) is 5.02 Å². The van der Waals surface area contributed by atoms with Crippen LogP contribution in [0.4, 0.5) is 4.39 Å². The Bertz CT molecular complexity index is 472. The molecule has 1 N–H and O–H groups in total. The lowest BCUT2D eigenvalue weighted by Crippen LogP contribution is -2.45. The van der Waals surface area contributed by atoms with Crippen molar-refractivity contribution in [3.63, 3.8) is 0 Å². The molecule has 110 valence electrons. The predicted molar refractivity (Wildman–Crippen MR) is 79.8 cm³/mol. The number of nitrogens with one attached hydrogen (secondary N) is 1. The molecular weight excluding hydrogens is 301 g/mol. The number of thioether (sulfide) groups is 1. The molecule has 2 rings (SSSR count). The van der Waals surface area contributed by atoms with Crippen LogP contribution in [-0.4, -0.2) is 36.7 Å². The van der Waals surface area contributed by atoms with Gasteiger partial charge in [0.2, 0.25) is 5.91 Å². The number of hydrogen-bond acceptors (Lipinski definition) is 3. The minimum Gasteiger partial charge on any atom is -0.376 e. The number of amides is 1. The van der Waals surface area contributed by atoms with Crippen LogP contribution >= 0.6 is 23.4 Å². The van der Waals surface area contributed by atoms with E-state index in [1.54, 1.807) is 13.2 Å². The summed E-state index contributed by atoms with van der Waals surface area (Å²) in [4.78, 5) is 11.9. The Balaban J connectivity index is 1.93. The highest BCUT2D eigenvalue weighted by Crippen LogP contribution is 2.30. The van der Waals surface area contributed by atoms with Crippen molar-refractivity contribution in [1.29, 1.82) is 0 Å². The summed E-state index contributed by atoms with van der Waals surface area (Å²) in [5.74, 6) is 1.20. The molecular formula is C14H17ClFNO2S. The van der Waals surface area contributed by atoms with Crippen LogP contribution in [0.5, 0.6) is 0 Å². The predicted octanol–water partition coefficient (Wildman–Crippen LogP) is 2.66. The molecule has 3 nitrogen and oxygen atoms in total. The fourth-order valence-electron chi connectivity index (χ4n) is 2.15. The third-order valence-electron chi connectivity index (χ3n) is 3.51. The second-order valence-electron chi connectivity index (χ2n) is 4.84. The van der Waals surface area contributed by atoms with Crippen molar-refractivity contribution in [1.82, 2.24) is 5.32 Å². The van der Waals surface area contributed by atoms with Gasteiger partial charge in [-0.25, -0.2) is 4.39 Å². The molecule has 1 heterocycles. The molecule has 6 heteroatoms. The average Bonchev–Trinajstić information content (AvgIpc) is 2.90. The van der Waals surface area contributed by atoms with E-state index < -0.39 is 5.82 Å². The second kappa shape index (κ2) is 6.78. The maximum Gasteiger partial charge on any atom is 0.224 e. The van der Waals surface area contributed by atoms with Crippen LogP contribution in [-0.2, 0) is 16.0 Å². The summed E-state index contributed by atoms with van der Waals surface area (Å²) in [6, 6.07) is 4.41. The first kappa shape index (κ1) is 15.6. The topological polar surface area (TPSA) is 38.3 Å². The molecule has 1 aliphatic heterocycles. The first-order valence-electron chi connectivity index (χ1n) is 6.39. The number of methoxy groups -OCH3 is 1. The molecule has 1 aromatic carbocycles. The minimum atomic E-state index is -0.453. The summed E-state index contributed by atoms with van der Waals surface area (Å²) in [6.07, 6.45) is 0.855. The van der Waals surface area contributed by atoms with Crippen molar-refractivity contribution in [2.45, 2.75) is 18.4 Å². The third-order valence-corrected chi connectivity index (χ3v) is 5.08. The summed E-state index contributed by atoms with van der Waals surface area (Å²) >= 11 is 7.72. The van der Waals surface area contributed by atoms with Crippen molar-refractivity contribution in [3.8, 4) is 0 Å². The zero-order valence-corrected chi connectivity index (χ0v) is 12.8. The second-order valence-corrected chi connectivity index (χ2v) is 6.36. The van der Waals surface area contributed by atoms with Crippen LogP contribution in [0.3, 0.4) is 0 Å². The molecule has 0 saturated carbocycles. The summed E-state index contributed by atoms with van der Waals surface area (Å²) in [7, 11) is 1.66. The van der Waals surface area contributed by atoms with E-state index in [0.29, 0.717) is 6.54 Å². The molecule has 1 fully saturated rings. The maximum atomic E-state index is 13.6. The van der Waals surface area contributed by atoms with E-state index in [1.807, 2.05) is 11.8 Å². The monoisotopic (exact) mass is 317 g/mol. The van der Waals surface area contributed by atoms with E-state index in [9.17, 15) is 9.18 Å². The van der Waals surface area contributed by atoms with Crippen molar-refractivity contribution in [2.75, 3.05) is 25.2 Å². The van der Waals surface area contributed by atoms with Gasteiger partial charge in [0.25, 0.3) is 0 Å². The molecule has 1 aliphatic rings. The number of ether oxygens (including phenoxy) is 1. The van der Waals surface area contributed by atoms with E-state index in [1.165, 1.54) is 12.1 Å². The highest BCUT2D eigenvalue weighted by atomic mass is 35.5. The van der Waals surface area contributed by atoms with E-state index in [-0.39, 0.29) is 28.5 Å². The van der Waals surface area contributed by atoms with Crippen molar-refractivity contribution in [2.24, 2.45) is 0 Å². The van der Waals surface area contributed by atoms with Crippen LogP contribution in [0.25, 0.3) is 0 Å². The fraction of sp³-hybridized carbons (Fsp3) is 0.500. The first-order chi connectivity index (χ1) is 9.56. The van der Waals surface area contributed by atoms with E-state index in [2.05, 4.69) is 5.32 Å². The molecule has 0 aromatic heterocycles. The highest BCUT2D eigenvalue weighted by molar-refractivity contribution is 7.99. The van der Waals surface area contributed by atoms with Crippen molar-refractivity contribution in [3.05, 3.63) is 34.6 Å². The number of benzene rings is 1. The average molecular weight is 318 g/mol. The SMILES string of the molecule is COC1(CNC(=O)Cc2c(F)cccc2Cl)CCSC1. The largest absolute Gasteiger partial charge is 0.376 e. The summed E-state index contributed by atoms with van der Waals surface area (Å²) in [6.45, 7) is 0.446. The van der Waals surface area contributed by atoms with Crippen molar-refractivity contribution >= 4 is 29.3 Å². The van der Waals surface area contributed by atoms with Gasteiger partial charge in [0.05, 0.1) is 12.0 Å². The van der Waals surface area contributed by atoms with E-state index >= 15 is 0 Å². The van der Waals surface area contributed by atoms with Gasteiger partial charge in [0.15, 0.2) is 0 Å². The number of hydrogen-bond donors (Lipinski definition) is 1. The summed E-state index contributed by atoms with van der Waals surface area (Å²) in [5.41, 5.74) is -0.0572. The normalized spacial score (nSPS) is 21.9. The minimum absolute atomic E-state index is 0.0571. The Morgan fingerprint density at radius 1 is 1.60 bits per heavy atom. The smallest absolute Gasteiger partial charge is 0.224 e. The Labute approximate surface area is 127 Å². The fourth-order valence-corrected chi connectivity index (χ4v) is 3.77. The van der Waals surface area contributed by atoms with E-state index in [4.69, 9.17) is 16.3 Å². The van der Waals surface area contributed by atoms with Crippen molar-refractivity contribution < 1.29 is 13.9 Å². The highest BCUT2D eigenvalue weighted by Gasteiger charge is 2.34. The molecule has 1 amide bonds. The Hall–Kier alpha value is -0.780. The number of halogens is 2. The molecule has 1 atom stereocenters. The standard InChI is InChI=1S/C14H17ClFNO2S/c1-19-14(5-6-20-9-14)8-17-13(18)7-10-11(15)3-2-4-12(10)16/h2-4H,5-9H2,1H3,(H,17,18). The van der Waals surface area contributed by atoms with E-state index in [0.717, 1.165) is 17.9 Å².